The van der Waals surface area contributed by atoms with Crippen LogP contribution in [-0.4, -0.2) is 281 Å². The third kappa shape index (κ3) is 29.1. The fourth-order valence-corrected chi connectivity index (χ4v) is 22.1. The zero-order valence-corrected chi connectivity index (χ0v) is 88.0. The first kappa shape index (κ1) is 110. The van der Waals surface area contributed by atoms with Gasteiger partial charge in [0.05, 0.1) is 85.9 Å². The van der Waals surface area contributed by atoms with Gasteiger partial charge in [-0.15, -0.1) is 0 Å². The molecule has 35 nitrogen and oxygen atoms in total. The minimum atomic E-state index is -3.15. The number of aliphatic hydroxyl groups is 4. The molecule has 3 fully saturated rings. The number of hydrogen-bond acceptors (Lipinski definition) is 35. The molecule has 0 aliphatic carbocycles. The SMILES string of the molecule is C=S1(=O)CCC(Cc2cc(-c3c(C)noc3C)nc(-c3cccc(OCC(O)CNC)c3)n2)CC1.C=S1(=O)CCC(Cc2nc(-c3cccc(OCC(O)CNC)c3)nc(-c3c(C)noc3C)c2C)CC1.C=S1(=O)CCN(c2nc(-c3cccc(OCC(O)CNC)c3)nc(-c3c(C)noc3C)c2C)CC1.CNCC(O)COc1cccc(-c2nc(-c3c(C)noc3C)c(C)c(N(C)c3cnc(C(C)(F)F)nc3)n2)c1. The van der Waals surface area contributed by atoms with Crippen molar-refractivity contribution in [2.24, 2.45) is 11.8 Å². The number of halogens is 2. The van der Waals surface area contributed by atoms with Gasteiger partial charge in [0.1, 0.15) is 109 Å². The Bertz CT molecular complexity index is 6860. The van der Waals surface area contributed by atoms with Crippen LogP contribution in [0.4, 0.5) is 26.1 Å². The van der Waals surface area contributed by atoms with Gasteiger partial charge in [0, 0.05) is 133 Å². The third-order valence-corrected chi connectivity index (χ3v) is 31.1. The summed E-state index contributed by atoms with van der Waals surface area (Å²) in [6.45, 7) is 25.3. The Labute approximate surface area is 846 Å². The van der Waals surface area contributed by atoms with Gasteiger partial charge in [-0.25, -0.2) is 49.8 Å². The quantitative estimate of drug-likeness (QED) is 0.0169. The van der Waals surface area contributed by atoms with E-state index in [4.69, 9.17) is 76.9 Å². The van der Waals surface area contributed by atoms with Gasteiger partial charge in [-0.3, -0.25) is 12.6 Å². The summed E-state index contributed by atoms with van der Waals surface area (Å²) >= 11 is 0. The van der Waals surface area contributed by atoms with E-state index in [2.05, 4.69) is 81.3 Å². The van der Waals surface area contributed by atoms with Crippen LogP contribution in [0.15, 0.2) is 134 Å². The number of alkyl halides is 2. The number of aliphatic hydroxyl groups excluding tert-OH is 4. The first-order valence-electron chi connectivity index (χ1n) is 48.2. The molecular formula is C105H134F2N20O15S3. The summed E-state index contributed by atoms with van der Waals surface area (Å²) in [6.07, 6.45) is 5.33. The molecule has 145 heavy (non-hydrogen) atoms. The average molecular weight is 2050 g/mol. The number of anilines is 3. The van der Waals surface area contributed by atoms with Crippen molar-refractivity contribution < 1.29 is 78.9 Å². The van der Waals surface area contributed by atoms with Gasteiger partial charge >= 0.3 is 5.92 Å². The number of hydrogen-bond donors (Lipinski definition) is 8. The van der Waals surface area contributed by atoms with E-state index in [1.807, 2.05) is 160 Å². The summed E-state index contributed by atoms with van der Waals surface area (Å²) in [4.78, 5) is 50.9. The van der Waals surface area contributed by atoms with Crippen molar-refractivity contribution in [3.63, 3.8) is 0 Å². The summed E-state index contributed by atoms with van der Waals surface area (Å²) < 4.78 is 109. The highest BCUT2D eigenvalue weighted by Gasteiger charge is 2.33. The first-order chi connectivity index (χ1) is 69.1. The predicted octanol–water partition coefficient (Wildman–Crippen LogP) is 13.0. The molecule has 776 valence electrons. The van der Waals surface area contributed by atoms with Crippen molar-refractivity contribution in [3.8, 4) is 114 Å². The van der Waals surface area contributed by atoms with Crippen LogP contribution in [0.1, 0.15) is 112 Å². The van der Waals surface area contributed by atoms with Gasteiger partial charge in [-0.2, -0.15) is 8.78 Å². The first-order valence-corrected chi connectivity index (χ1v) is 54.4. The molecular weight excluding hydrogens is 1920 g/mol. The maximum Gasteiger partial charge on any atom is 0.303 e. The number of aryl methyl sites for hydroxylation is 8. The maximum absolute atomic E-state index is 13.7. The van der Waals surface area contributed by atoms with E-state index in [9.17, 15) is 41.8 Å². The molecule has 4 aromatic carbocycles. The van der Waals surface area contributed by atoms with E-state index in [1.165, 1.54) is 12.4 Å². The fraction of sp³-hybridized carbons (Fsp3) is 0.438. The van der Waals surface area contributed by atoms with Crippen LogP contribution in [0.2, 0.25) is 0 Å². The molecule has 0 spiro atoms. The average Bonchev–Trinajstić information content (AvgIpc) is 1.61. The number of nitrogens with zero attached hydrogens (tertiary/aromatic N) is 16. The van der Waals surface area contributed by atoms with E-state index in [-0.39, 0.29) is 26.4 Å². The molecule has 40 heteroatoms. The zero-order chi connectivity index (χ0) is 104. The Morgan fingerprint density at radius 1 is 0.441 bits per heavy atom. The number of likely N-dealkylation sites (N-methyl/N-ethyl adjacent to an activating group) is 4. The molecule has 0 bridgehead atoms. The van der Waals surface area contributed by atoms with Crippen LogP contribution in [0.25, 0.3) is 90.6 Å². The molecule has 3 aliphatic rings. The molecule has 3 saturated heterocycles. The summed E-state index contributed by atoms with van der Waals surface area (Å²) in [7, 11) is 2.97. The predicted molar refractivity (Wildman–Crippen MR) is 565 cm³/mol. The summed E-state index contributed by atoms with van der Waals surface area (Å²) in [6, 6.07) is 32.0. The molecule has 0 amide bonds. The van der Waals surface area contributed by atoms with Crippen molar-refractivity contribution in [1.29, 1.82) is 0 Å². The number of benzene rings is 4. The maximum atomic E-state index is 13.7. The van der Waals surface area contributed by atoms with E-state index in [0.717, 1.165) is 158 Å². The lowest BCUT2D eigenvalue weighted by Gasteiger charge is -2.31. The van der Waals surface area contributed by atoms with Crippen molar-refractivity contribution >= 4 is 63.5 Å². The van der Waals surface area contributed by atoms with Gasteiger partial charge in [0.15, 0.2) is 29.1 Å². The molecule has 4 unspecified atom stereocenters. The lowest BCUT2D eigenvalue weighted by atomic mass is 9.93. The third-order valence-electron chi connectivity index (χ3n) is 25.3. The van der Waals surface area contributed by atoms with Gasteiger partial charge < -0.3 is 88.5 Å². The minimum absolute atomic E-state index is 0.115. The smallest absolute Gasteiger partial charge is 0.303 e. The van der Waals surface area contributed by atoms with Crippen LogP contribution in [0.3, 0.4) is 0 Å². The largest absolute Gasteiger partial charge is 0.491 e. The Balaban J connectivity index is 0.000000162. The van der Waals surface area contributed by atoms with Gasteiger partial charge in [-0.1, -0.05) is 69.2 Å². The van der Waals surface area contributed by atoms with E-state index in [0.29, 0.717) is 178 Å². The van der Waals surface area contributed by atoms with Crippen LogP contribution in [0.5, 0.6) is 23.0 Å². The molecule has 16 rings (SSSR count). The van der Waals surface area contributed by atoms with Crippen molar-refractivity contribution in [1.82, 2.24) is 91.7 Å². The van der Waals surface area contributed by atoms with Crippen LogP contribution < -0.4 is 50.0 Å². The van der Waals surface area contributed by atoms with Crippen molar-refractivity contribution in [3.05, 3.63) is 195 Å². The van der Waals surface area contributed by atoms with Crippen molar-refractivity contribution in [2.45, 2.75) is 152 Å². The number of nitrogens with one attached hydrogen (secondary N) is 4. The number of aromatic nitrogens is 14. The molecule has 0 saturated carbocycles. The minimum Gasteiger partial charge on any atom is -0.491 e. The molecule has 4 atom stereocenters. The summed E-state index contributed by atoms with van der Waals surface area (Å²) in [5, 5.41) is 68.1. The molecule has 13 aromatic rings. The Morgan fingerprint density at radius 3 is 1.14 bits per heavy atom. The normalized spacial score (nSPS) is 17.6. The fourth-order valence-electron chi connectivity index (χ4n) is 17.4. The van der Waals surface area contributed by atoms with E-state index in [1.54, 1.807) is 52.3 Å². The van der Waals surface area contributed by atoms with Gasteiger partial charge in [0.25, 0.3) is 0 Å². The van der Waals surface area contributed by atoms with E-state index >= 15 is 0 Å². The molecule has 12 heterocycles. The standard InChI is InChI=1S/C27H31F2N7O3.C27H36N4O4S.C26H34N4O4S.C25H33N5O4S/c1-15-23(22-16(2)35-39-17(22)3)33-24(18-8-7-9-21(10-18)38-14-20(37)13-30-5)34-25(15)36(6)19-11-31-26(32-12-19)27(4,28)29;1-17-24(13-20-9-11-36(5,33)12-10-20)29-27(30-26(17)25-18(2)31-35-19(25)3)21-7-6-8-23(14-21)34-16-22(32)15-28-4;1-17-25(18(2)34-30-17)24-14-21(12-19-8-10-35(4,32)11-9-19)28-26(29-24)20-6-5-7-23(13-20)33-16-22(31)15-27-3;1-16-23(22-17(2)29-34-18(22)3)27-24(28-25(16)30-9-11-35(5,32)12-10-30)19-7-6-8-21(13-19)33-15-20(31)14-26-4/h7-12,20,30,37H,13-14H2,1-6H3;6-8,14,20,22,28,32H,5,9-13,15-16H2,1-4H3;5-7,13-14,19,22,27,31H,4,8-12,15-16H2,1-3H3;6-8,13,20,26,31H,5,9-12,14-15H2,1-4H3. The lowest BCUT2D eigenvalue weighted by Crippen LogP contribution is -2.41. The molecule has 9 aromatic heterocycles. The van der Waals surface area contributed by atoms with Crippen LogP contribution in [-0.2, 0) is 47.3 Å². The molecule has 3 aliphatic heterocycles. The molecule has 0 radical (unpaired) electrons. The highest BCUT2D eigenvalue weighted by atomic mass is 32.2. The Hall–Kier alpha value is -12.5. The summed E-state index contributed by atoms with van der Waals surface area (Å²) in [5.74, 6) is 21.2. The second kappa shape index (κ2) is 49.1. The van der Waals surface area contributed by atoms with Crippen LogP contribution >= 0.6 is 0 Å². The Morgan fingerprint density at radius 2 is 0.779 bits per heavy atom. The highest BCUT2D eigenvalue weighted by Crippen LogP contribution is 2.42. The second-order valence-electron chi connectivity index (χ2n) is 37.3. The second-order valence-corrected chi connectivity index (χ2v) is 45.6. The lowest BCUT2D eigenvalue weighted by molar-refractivity contribution is 0.00768. The number of rotatable bonds is 36. The molecule has 8 N–H and O–H groups in total. The topological polar surface area (TPSA) is 457 Å². The highest BCUT2D eigenvalue weighted by molar-refractivity contribution is 8.00. The van der Waals surface area contributed by atoms with Crippen molar-refractivity contribution in [2.75, 3.05) is 145 Å². The van der Waals surface area contributed by atoms with Gasteiger partial charge in [0.2, 0.25) is 0 Å². The Kier molecular flexibility index (Phi) is 37.2. The van der Waals surface area contributed by atoms with E-state index < -0.39 is 64.7 Å². The zero-order valence-electron chi connectivity index (χ0n) is 85.5. The van der Waals surface area contributed by atoms with Crippen LogP contribution in [0, 0.1) is 88.0 Å². The van der Waals surface area contributed by atoms with Gasteiger partial charge in [-0.05, 0) is 261 Å². The summed E-state index contributed by atoms with van der Waals surface area (Å²) in [5.41, 5.74) is 17.5. The number of ether oxygens (including phenoxy) is 4. The monoisotopic (exact) mass is 2050 g/mol.